The molecule has 0 unspecified atom stereocenters. The number of amides is 2. The molecule has 5 rings (SSSR count). The number of aromatic nitrogens is 2. The summed E-state index contributed by atoms with van der Waals surface area (Å²) < 4.78 is 6.95. The van der Waals surface area contributed by atoms with Gasteiger partial charge in [-0.15, -0.1) is 10.2 Å². The van der Waals surface area contributed by atoms with E-state index in [1.54, 1.807) is 11.9 Å². The van der Waals surface area contributed by atoms with Gasteiger partial charge >= 0.3 is 0 Å². The third kappa shape index (κ3) is 2.77. The zero-order valence-corrected chi connectivity index (χ0v) is 18.0. The maximum atomic E-state index is 13.6. The molecular formula is C21H18N4O3S2. The zero-order chi connectivity index (χ0) is 20.9. The van der Waals surface area contributed by atoms with Gasteiger partial charge in [-0.05, 0) is 19.1 Å². The van der Waals surface area contributed by atoms with Gasteiger partial charge in [-0.2, -0.15) is 0 Å². The van der Waals surface area contributed by atoms with E-state index >= 15 is 0 Å². The molecule has 1 spiro atoms. The van der Waals surface area contributed by atoms with Crippen molar-refractivity contribution in [3.05, 3.63) is 64.7 Å². The van der Waals surface area contributed by atoms with E-state index in [2.05, 4.69) is 10.2 Å². The molecule has 2 aliphatic rings. The summed E-state index contributed by atoms with van der Waals surface area (Å²) in [7, 11) is 1.71. The Bertz CT molecular complexity index is 1160. The summed E-state index contributed by atoms with van der Waals surface area (Å²) in [5, 5.41) is 8.93. The van der Waals surface area contributed by atoms with Crippen LogP contribution < -0.4 is 9.80 Å². The van der Waals surface area contributed by atoms with Crippen LogP contribution in [0.5, 0.6) is 0 Å². The van der Waals surface area contributed by atoms with Crippen LogP contribution in [0.4, 0.5) is 11.4 Å². The van der Waals surface area contributed by atoms with Crippen LogP contribution in [0, 0.1) is 6.92 Å². The van der Waals surface area contributed by atoms with Crippen LogP contribution in [0.1, 0.15) is 16.1 Å². The van der Waals surface area contributed by atoms with Crippen LogP contribution in [0.15, 0.2) is 52.9 Å². The molecule has 0 radical (unpaired) electrons. The molecule has 1 atom stereocenters. The molecule has 0 N–H and O–H groups in total. The molecule has 9 heteroatoms. The summed E-state index contributed by atoms with van der Waals surface area (Å²) in [4.78, 5) is 30.2. The lowest BCUT2D eigenvalue weighted by molar-refractivity contribution is -0.152. The first kappa shape index (κ1) is 19.2. The summed E-state index contributed by atoms with van der Waals surface area (Å²) >= 11 is 2.76. The van der Waals surface area contributed by atoms with Crippen LogP contribution >= 0.6 is 23.1 Å². The van der Waals surface area contributed by atoms with Crippen LogP contribution in [-0.2, 0) is 26.7 Å². The van der Waals surface area contributed by atoms with Crippen molar-refractivity contribution in [1.82, 2.24) is 10.2 Å². The Morgan fingerprint density at radius 3 is 2.67 bits per heavy atom. The lowest BCUT2D eigenvalue weighted by Crippen LogP contribution is -2.59. The summed E-state index contributed by atoms with van der Waals surface area (Å²) in [5.74, 6) is -0.380. The monoisotopic (exact) mass is 438 g/mol. The van der Waals surface area contributed by atoms with E-state index in [9.17, 15) is 9.59 Å². The SMILES string of the molecule is Cc1nnc(SCC(=O)N2c3ccccc3CO[C@]23C(=O)N(C)c2ccccc23)s1. The van der Waals surface area contributed by atoms with E-state index in [4.69, 9.17) is 4.74 Å². The van der Waals surface area contributed by atoms with Gasteiger partial charge < -0.3 is 9.64 Å². The largest absolute Gasteiger partial charge is 0.338 e. The number of benzene rings is 2. The molecule has 0 fully saturated rings. The predicted molar refractivity (Wildman–Crippen MR) is 116 cm³/mol. The van der Waals surface area contributed by atoms with Gasteiger partial charge in [0, 0.05) is 18.2 Å². The van der Waals surface area contributed by atoms with E-state index < -0.39 is 5.72 Å². The second kappa shape index (κ2) is 7.19. The number of fused-ring (bicyclic) bond motifs is 3. The van der Waals surface area contributed by atoms with Crippen molar-refractivity contribution in [3.8, 4) is 0 Å². The van der Waals surface area contributed by atoms with Crippen molar-refractivity contribution in [3.63, 3.8) is 0 Å². The highest BCUT2D eigenvalue weighted by Gasteiger charge is 2.59. The van der Waals surface area contributed by atoms with Gasteiger partial charge in [-0.25, -0.2) is 0 Å². The summed E-state index contributed by atoms with van der Waals surface area (Å²) in [5.41, 5.74) is 1.48. The molecule has 2 aromatic carbocycles. The van der Waals surface area contributed by atoms with Crippen LogP contribution in [0.25, 0.3) is 0 Å². The number of nitrogens with zero attached hydrogens (tertiary/aromatic N) is 4. The van der Waals surface area contributed by atoms with Crippen molar-refractivity contribution in [2.75, 3.05) is 22.6 Å². The Kier molecular flexibility index (Phi) is 4.61. The van der Waals surface area contributed by atoms with E-state index in [0.29, 0.717) is 11.3 Å². The number of carbonyl (C=O) groups is 2. The number of hydrogen-bond donors (Lipinski definition) is 0. The molecule has 2 amide bonds. The zero-order valence-electron chi connectivity index (χ0n) is 16.4. The number of hydrogen-bond acceptors (Lipinski definition) is 7. The van der Waals surface area contributed by atoms with Crippen LogP contribution in [-0.4, -0.2) is 34.8 Å². The number of rotatable bonds is 3. The molecule has 30 heavy (non-hydrogen) atoms. The number of likely N-dealkylation sites (N-methyl/N-ethyl adjacent to an activating group) is 1. The van der Waals surface area contributed by atoms with Crippen LogP contribution in [0.2, 0.25) is 0 Å². The Hall–Kier alpha value is -2.75. The quantitative estimate of drug-likeness (QED) is 0.584. The van der Waals surface area contributed by atoms with E-state index in [0.717, 1.165) is 20.6 Å². The molecule has 152 valence electrons. The highest BCUT2D eigenvalue weighted by Crippen LogP contribution is 2.50. The average Bonchev–Trinajstić information content (AvgIpc) is 3.28. The average molecular weight is 439 g/mol. The molecule has 7 nitrogen and oxygen atoms in total. The molecule has 0 aliphatic carbocycles. The Morgan fingerprint density at radius 2 is 1.90 bits per heavy atom. The predicted octanol–water partition coefficient (Wildman–Crippen LogP) is 3.33. The van der Waals surface area contributed by atoms with Gasteiger partial charge in [0.05, 0.1) is 23.7 Å². The second-order valence-electron chi connectivity index (χ2n) is 7.05. The lowest BCUT2D eigenvalue weighted by atomic mass is 9.97. The Balaban J connectivity index is 1.60. The van der Waals surface area contributed by atoms with E-state index in [1.807, 2.05) is 55.5 Å². The van der Waals surface area contributed by atoms with Gasteiger partial charge in [0.1, 0.15) is 5.01 Å². The Morgan fingerprint density at radius 1 is 1.17 bits per heavy atom. The summed E-state index contributed by atoms with van der Waals surface area (Å²) in [6.07, 6.45) is 0. The fourth-order valence-electron chi connectivity index (χ4n) is 3.96. The van der Waals surface area contributed by atoms with Crippen molar-refractivity contribution in [1.29, 1.82) is 0 Å². The van der Waals surface area contributed by atoms with Gasteiger partial charge in [0.2, 0.25) is 5.91 Å². The smallest absolute Gasteiger partial charge is 0.285 e. The lowest BCUT2D eigenvalue weighted by Gasteiger charge is -2.43. The molecule has 0 saturated heterocycles. The van der Waals surface area contributed by atoms with Gasteiger partial charge in [0.15, 0.2) is 4.34 Å². The van der Waals surface area contributed by atoms with Crippen molar-refractivity contribution < 1.29 is 14.3 Å². The fourth-order valence-corrected chi connectivity index (χ4v) is 5.63. The molecule has 0 bridgehead atoms. The maximum absolute atomic E-state index is 13.6. The third-order valence-electron chi connectivity index (χ3n) is 5.28. The minimum Gasteiger partial charge on any atom is -0.338 e. The molecular weight excluding hydrogens is 420 g/mol. The summed E-state index contributed by atoms with van der Waals surface area (Å²) in [6.45, 7) is 2.12. The van der Waals surface area contributed by atoms with Crippen molar-refractivity contribution in [2.45, 2.75) is 23.6 Å². The minimum absolute atomic E-state index is 0.118. The molecule has 0 saturated carbocycles. The number of aryl methyl sites for hydroxylation is 1. The first-order chi connectivity index (χ1) is 14.5. The van der Waals surface area contributed by atoms with Crippen molar-refractivity contribution in [2.24, 2.45) is 0 Å². The van der Waals surface area contributed by atoms with E-state index in [1.165, 1.54) is 28.0 Å². The van der Waals surface area contributed by atoms with E-state index in [-0.39, 0.29) is 24.2 Å². The fraction of sp³-hybridized carbons (Fsp3) is 0.238. The normalized spacial score (nSPS) is 19.9. The molecule has 3 aromatic rings. The van der Waals surface area contributed by atoms with Gasteiger partial charge in [-0.1, -0.05) is 59.5 Å². The molecule has 2 aliphatic heterocycles. The number of thioether (sulfide) groups is 1. The van der Waals surface area contributed by atoms with Gasteiger partial charge in [0.25, 0.3) is 11.6 Å². The second-order valence-corrected chi connectivity index (χ2v) is 9.45. The topological polar surface area (TPSA) is 75.6 Å². The third-order valence-corrected chi connectivity index (χ3v) is 7.24. The molecule has 1 aromatic heterocycles. The molecule has 3 heterocycles. The number of ether oxygens (including phenoxy) is 1. The van der Waals surface area contributed by atoms with Crippen molar-refractivity contribution >= 4 is 46.3 Å². The number of para-hydroxylation sites is 2. The standard InChI is InChI=1S/C21H18N4O3S2/c1-13-22-23-20(30-13)29-12-18(26)25-16-9-5-3-7-14(16)11-28-21(25)15-8-4-6-10-17(15)24(2)19(21)27/h3-10H,11-12H2,1-2H3/t21-/m1/s1. The van der Waals surface area contributed by atoms with Gasteiger partial charge in [-0.3, -0.25) is 14.5 Å². The first-order valence-electron chi connectivity index (χ1n) is 9.38. The number of carbonyl (C=O) groups excluding carboxylic acids is 2. The maximum Gasteiger partial charge on any atom is 0.285 e. The summed E-state index contributed by atoms with van der Waals surface area (Å²) in [6, 6.07) is 15.0. The number of anilines is 2. The highest BCUT2D eigenvalue weighted by atomic mass is 32.2. The Labute approximate surface area is 181 Å². The minimum atomic E-state index is -1.51. The van der Waals surface area contributed by atoms with Crippen LogP contribution in [0.3, 0.4) is 0 Å². The first-order valence-corrected chi connectivity index (χ1v) is 11.2. The highest BCUT2D eigenvalue weighted by molar-refractivity contribution is 8.01.